The predicted molar refractivity (Wildman–Crippen MR) is 62.9 cm³/mol. The molecule has 0 radical (unpaired) electrons. The van der Waals surface area contributed by atoms with Gasteiger partial charge in [0.1, 0.15) is 11.7 Å². The molecule has 9 heteroatoms. The molecule has 3 N–H and O–H groups in total. The maximum absolute atomic E-state index is 11.2. The number of anilines is 2. The number of hydrogen-bond donors (Lipinski definition) is 2. The molecule has 0 aliphatic rings. The van der Waals surface area contributed by atoms with Crippen LogP contribution >= 0.6 is 0 Å². The number of nitrogens with two attached hydrogens (primary N) is 1. The molecule has 0 saturated carbocycles. The smallest absolute Gasteiger partial charge is 0.332 e. The molecule has 0 bridgehead atoms. The number of aryl methyl sites for hydroxylation is 1. The number of hydrogen-bond acceptors (Lipinski definition) is 8. The predicted octanol–water partition coefficient (Wildman–Crippen LogP) is 0.249. The molecule has 0 fully saturated rings. The second-order valence-corrected chi connectivity index (χ2v) is 3.51. The number of carbonyl (C=O) groups is 1. The van der Waals surface area contributed by atoms with Crippen LogP contribution in [-0.4, -0.2) is 34.0 Å². The third-order valence-electron chi connectivity index (χ3n) is 2.17. The van der Waals surface area contributed by atoms with Crippen molar-refractivity contribution in [1.82, 2.24) is 9.97 Å². The molecular formula is C9H13N5O4. The van der Waals surface area contributed by atoms with E-state index in [0.717, 1.165) is 0 Å². The Hall–Kier alpha value is -2.45. The van der Waals surface area contributed by atoms with Crippen molar-refractivity contribution in [3.05, 3.63) is 15.8 Å². The summed E-state index contributed by atoms with van der Waals surface area (Å²) in [5.74, 6) is -0.792. The first-order chi connectivity index (χ1) is 8.36. The zero-order valence-electron chi connectivity index (χ0n) is 10.1. The summed E-state index contributed by atoms with van der Waals surface area (Å²) in [6.45, 7) is 2.92. The number of rotatable bonds is 4. The van der Waals surface area contributed by atoms with Crippen molar-refractivity contribution >= 4 is 23.4 Å². The number of esters is 1. The molecule has 0 saturated heterocycles. The van der Waals surface area contributed by atoms with E-state index >= 15 is 0 Å². The monoisotopic (exact) mass is 255 g/mol. The highest BCUT2D eigenvalue weighted by molar-refractivity contribution is 5.79. The summed E-state index contributed by atoms with van der Waals surface area (Å²) in [6, 6.07) is -0.789. The van der Waals surface area contributed by atoms with Gasteiger partial charge in [0.05, 0.1) is 12.0 Å². The molecule has 9 nitrogen and oxygen atoms in total. The van der Waals surface area contributed by atoms with Gasteiger partial charge in [0.15, 0.2) is 0 Å². The number of carbonyl (C=O) groups excluding carboxylic acids is 1. The van der Waals surface area contributed by atoms with Crippen LogP contribution in [0.25, 0.3) is 0 Å². The third-order valence-corrected chi connectivity index (χ3v) is 2.17. The van der Waals surface area contributed by atoms with E-state index in [9.17, 15) is 14.9 Å². The second-order valence-electron chi connectivity index (χ2n) is 3.51. The van der Waals surface area contributed by atoms with Gasteiger partial charge in [0.25, 0.3) is 0 Å². The van der Waals surface area contributed by atoms with E-state index in [1.165, 1.54) is 21.0 Å². The van der Waals surface area contributed by atoms with Gasteiger partial charge in [-0.2, -0.15) is 4.98 Å². The summed E-state index contributed by atoms with van der Waals surface area (Å²) in [5.41, 5.74) is 5.21. The highest BCUT2D eigenvalue weighted by Gasteiger charge is 2.24. The first-order valence-corrected chi connectivity index (χ1v) is 4.99. The molecule has 1 rings (SSSR count). The van der Waals surface area contributed by atoms with Crippen molar-refractivity contribution in [2.45, 2.75) is 19.9 Å². The second kappa shape index (κ2) is 5.25. The average Bonchev–Trinajstić information content (AvgIpc) is 2.26. The number of nitrogens with zero attached hydrogens (tertiary/aromatic N) is 3. The number of aromatic nitrogens is 2. The van der Waals surface area contributed by atoms with Gasteiger partial charge in [-0.15, -0.1) is 0 Å². The van der Waals surface area contributed by atoms with Crippen LogP contribution in [0.4, 0.5) is 17.5 Å². The summed E-state index contributed by atoms with van der Waals surface area (Å²) in [6.07, 6.45) is 0. The van der Waals surface area contributed by atoms with Crippen LogP contribution in [-0.2, 0) is 9.53 Å². The van der Waals surface area contributed by atoms with Gasteiger partial charge in [-0.05, 0) is 13.8 Å². The maximum atomic E-state index is 11.2. The zero-order valence-corrected chi connectivity index (χ0v) is 10.1. The largest absolute Gasteiger partial charge is 0.467 e. The first-order valence-electron chi connectivity index (χ1n) is 4.99. The minimum atomic E-state index is -0.789. The SMILES string of the molecule is COC(=O)C(C)Nc1nc(N)nc(C)c1[N+](=O)[O-]. The Kier molecular flexibility index (Phi) is 3.97. The average molecular weight is 255 g/mol. The summed E-state index contributed by atoms with van der Waals surface area (Å²) < 4.78 is 4.50. The number of nitro groups is 1. The lowest BCUT2D eigenvalue weighted by Gasteiger charge is -2.12. The van der Waals surface area contributed by atoms with Crippen molar-refractivity contribution in [1.29, 1.82) is 0 Å². The van der Waals surface area contributed by atoms with E-state index in [2.05, 4.69) is 20.0 Å². The van der Waals surface area contributed by atoms with Gasteiger partial charge in [0, 0.05) is 0 Å². The molecule has 0 aliphatic heterocycles. The molecular weight excluding hydrogens is 242 g/mol. The van der Waals surface area contributed by atoms with E-state index in [1.54, 1.807) is 0 Å². The molecule has 0 aliphatic carbocycles. The van der Waals surface area contributed by atoms with Crippen LogP contribution in [0.1, 0.15) is 12.6 Å². The Morgan fingerprint density at radius 2 is 2.17 bits per heavy atom. The zero-order chi connectivity index (χ0) is 13.9. The Bertz CT molecular complexity index is 490. The number of ether oxygens (including phenoxy) is 1. The maximum Gasteiger partial charge on any atom is 0.332 e. The van der Waals surface area contributed by atoms with E-state index in [4.69, 9.17) is 5.73 Å². The number of nitrogen functional groups attached to an aromatic ring is 1. The standard InChI is InChI=1S/C9H13N5O4/c1-4-6(14(16)17)7(13-9(10)12-4)11-5(2)8(15)18-3/h5H,1-3H3,(H3,10,11,12,13). The third kappa shape index (κ3) is 2.81. The quantitative estimate of drug-likeness (QED) is 0.444. The van der Waals surface area contributed by atoms with E-state index < -0.39 is 16.9 Å². The van der Waals surface area contributed by atoms with Crippen molar-refractivity contribution in [3.8, 4) is 0 Å². The molecule has 1 aromatic rings. The fourth-order valence-electron chi connectivity index (χ4n) is 1.35. The Morgan fingerprint density at radius 1 is 1.56 bits per heavy atom. The fourth-order valence-corrected chi connectivity index (χ4v) is 1.35. The fraction of sp³-hybridized carbons (Fsp3) is 0.444. The van der Waals surface area contributed by atoms with E-state index in [1.807, 2.05) is 0 Å². The lowest BCUT2D eigenvalue weighted by atomic mass is 10.3. The summed E-state index contributed by atoms with van der Waals surface area (Å²) in [4.78, 5) is 28.9. The van der Waals surface area contributed by atoms with Crippen molar-refractivity contribution in [3.63, 3.8) is 0 Å². The Balaban J connectivity index is 3.15. The summed E-state index contributed by atoms with van der Waals surface area (Å²) in [5, 5.41) is 13.5. The summed E-state index contributed by atoms with van der Waals surface area (Å²) >= 11 is 0. The number of methoxy groups -OCH3 is 1. The lowest BCUT2D eigenvalue weighted by Crippen LogP contribution is -2.28. The van der Waals surface area contributed by atoms with Crippen LogP contribution in [0.5, 0.6) is 0 Å². The molecule has 0 spiro atoms. The minimum Gasteiger partial charge on any atom is -0.467 e. The van der Waals surface area contributed by atoms with Crippen molar-refractivity contribution in [2.24, 2.45) is 0 Å². The van der Waals surface area contributed by atoms with Crippen molar-refractivity contribution in [2.75, 3.05) is 18.2 Å². The Morgan fingerprint density at radius 3 is 2.67 bits per heavy atom. The van der Waals surface area contributed by atoms with Gasteiger partial charge in [0.2, 0.25) is 11.8 Å². The first kappa shape index (κ1) is 13.6. The molecule has 18 heavy (non-hydrogen) atoms. The highest BCUT2D eigenvalue weighted by atomic mass is 16.6. The molecule has 1 heterocycles. The van der Waals surface area contributed by atoms with Crippen LogP contribution in [0, 0.1) is 17.0 Å². The van der Waals surface area contributed by atoms with Crippen LogP contribution < -0.4 is 11.1 Å². The van der Waals surface area contributed by atoms with Gasteiger partial charge in [-0.1, -0.05) is 0 Å². The van der Waals surface area contributed by atoms with Crippen LogP contribution in [0.3, 0.4) is 0 Å². The van der Waals surface area contributed by atoms with Gasteiger partial charge < -0.3 is 15.8 Å². The normalized spacial score (nSPS) is 11.7. The molecule has 0 amide bonds. The van der Waals surface area contributed by atoms with Crippen molar-refractivity contribution < 1.29 is 14.5 Å². The lowest BCUT2D eigenvalue weighted by molar-refractivity contribution is -0.385. The van der Waals surface area contributed by atoms with Crippen LogP contribution in [0.15, 0.2) is 0 Å². The minimum absolute atomic E-state index is 0.108. The van der Waals surface area contributed by atoms with E-state index in [0.29, 0.717) is 0 Å². The van der Waals surface area contributed by atoms with Gasteiger partial charge in [-0.25, -0.2) is 9.78 Å². The Labute approximate surface area is 103 Å². The number of nitrogens with one attached hydrogen (secondary N) is 1. The molecule has 1 unspecified atom stereocenters. The van der Waals surface area contributed by atoms with E-state index in [-0.39, 0.29) is 23.1 Å². The molecule has 1 atom stereocenters. The molecule has 98 valence electrons. The topological polar surface area (TPSA) is 133 Å². The summed E-state index contributed by atoms with van der Waals surface area (Å²) in [7, 11) is 1.22. The van der Waals surface area contributed by atoms with Gasteiger partial charge in [-0.3, -0.25) is 10.1 Å². The molecule has 0 aromatic carbocycles. The van der Waals surface area contributed by atoms with Crippen LogP contribution in [0.2, 0.25) is 0 Å². The highest BCUT2D eigenvalue weighted by Crippen LogP contribution is 2.26. The van der Waals surface area contributed by atoms with Gasteiger partial charge >= 0.3 is 11.7 Å². The molecule has 1 aromatic heterocycles.